The Kier molecular flexibility index (Phi) is 4.66. The maximum Gasteiger partial charge on any atom is 0.373 e. The first-order chi connectivity index (χ1) is 11.6. The maximum atomic E-state index is 11.5. The van der Waals surface area contributed by atoms with E-state index < -0.39 is 5.97 Å². The van der Waals surface area contributed by atoms with Gasteiger partial charge < -0.3 is 9.15 Å². The number of rotatable bonds is 5. The normalized spacial score (nSPS) is 12.1. The Bertz CT molecular complexity index is 858. The fourth-order valence-corrected chi connectivity index (χ4v) is 3.06. The standard InChI is InChI=1S/C16H16N4O3S/c1-10-5-4-6-12(9-10)20-16(17-18-19-20)24-11(2)13-7-8-14(23-13)15(21)22-3/h4-9,11H,1-3H3. The van der Waals surface area contributed by atoms with E-state index >= 15 is 0 Å². The highest BCUT2D eigenvalue weighted by atomic mass is 32.2. The first kappa shape index (κ1) is 16.3. The molecule has 0 fully saturated rings. The van der Waals surface area contributed by atoms with E-state index in [0.717, 1.165) is 11.3 Å². The zero-order valence-corrected chi connectivity index (χ0v) is 14.3. The van der Waals surface area contributed by atoms with Crippen LogP contribution in [0.5, 0.6) is 0 Å². The molecule has 0 radical (unpaired) electrons. The number of esters is 1. The van der Waals surface area contributed by atoms with E-state index in [1.54, 1.807) is 16.8 Å². The topological polar surface area (TPSA) is 83.0 Å². The maximum absolute atomic E-state index is 11.5. The Balaban J connectivity index is 1.81. The molecule has 0 saturated heterocycles. The molecular formula is C16H16N4O3S. The van der Waals surface area contributed by atoms with Gasteiger partial charge in [-0.2, -0.15) is 4.68 Å². The number of aryl methyl sites for hydroxylation is 1. The molecule has 124 valence electrons. The number of benzene rings is 1. The van der Waals surface area contributed by atoms with Crippen molar-refractivity contribution in [2.45, 2.75) is 24.3 Å². The molecule has 3 rings (SSSR count). The van der Waals surface area contributed by atoms with Crippen LogP contribution in [0.4, 0.5) is 0 Å². The molecule has 0 bridgehead atoms. The van der Waals surface area contributed by atoms with Crippen molar-refractivity contribution in [1.82, 2.24) is 20.2 Å². The molecule has 0 aliphatic heterocycles. The highest BCUT2D eigenvalue weighted by Gasteiger charge is 2.19. The van der Waals surface area contributed by atoms with Gasteiger partial charge in [0.15, 0.2) is 0 Å². The summed E-state index contributed by atoms with van der Waals surface area (Å²) in [6.45, 7) is 3.97. The van der Waals surface area contributed by atoms with Gasteiger partial charge in [-0.05, 0) is 54.1 Å². The Morgan fingerprint density at radius 3 is 2.92 bits per heavy atom. The number of thioether (sulfide) groups is 1. The minimum absolute atomic E-state index is 0.0713. The van der Waals surface area contributed by atoms with E-state index in [1.807, 2.05) is 38.1 Å². The average molecular weight is 344 g/mol. The van der Waals surface area contributed by atoms with Gasteiger partial charge in [-0.3, -0.25) is 0 Å². The van der Waals surface area contributed by atoms with E-state index in [-0.39, 0.29) is 11.0 Å². The number of tetrazole rings is 1. The average Bonchev–Trinajstić information content (AvgIpc) is 3.23. The summed E-state index contributed by atoms with van der Waals surface area (Å²) in [6.07, 6.45) is 0. The summed E-state index contributed by atoms with van der Waals surface area (Å²) >= 11 is 1.44. The summed E-state index contributed by atoms with van der Waals surface area (Å²) in [7, 11) is 1.32. The quantitative estimate of drug-likeness (QED) is 0.519. The van der Waals surface area contributed by atoms with Crippen LogP contribution in [0, 0.1) is 6.92 Å². The number of carbonyl (C=O) groups is 1. The molecule has 24 heavy (non-hydrogen) atoms. The monoisotopic (exact) mass is 344 g/mol. The summed E-state index contributed by atoms with van der Waals surface area (Å²) in [4.78, 5) is 11.5. The van der Waals surface area contributed by atoms with Crippen molar-refractivity contribution in [3.05, 3.63) is 53.5 Å². The fourth-order valence-electron chi connectivity index (χ4n) is 2.17. The third-order valence-corrected chi connectivity index (χ3v) is 4.43. The lowest BCUT2D eigenvalue weighted by molar-refractivity contribution is 0.0563. The Morgan fingerprint density at radius 2 is 2.17 bits per heavy atom. The predicted octanol–water partition coefficient (Wildman–Crippen LogP) is 3.20. The van der Waals surface area contributed by atoms with E-state index in [0.29, 0.717) is 10.9 Å². The molecule has 2 aromatic heterocycles. The molecule has 2 heterocycles. The van der Waals surface area contributed by atoms with Crippen LogP contribution in [0.2, 0.25) is 0 Å². The second-order valence-electron chi connectivity index (χ2n) is 5.17. The third-order valence-electron chi connectivity index (χ3n) is 3.38. The van der Waals surface area contributed by atoms with E-state index in [2.05, 4.69) is 20.3 Å². The first-order valence-electron chi connectivity index (χ1n) is 7.28. The number of carbonyl (C=O) groups excluding carboxylic acids is 1. The van der Waals surface area contributed by atoms with Gasteiger partial charge in [-0.25, -0.2) is 4.79 Å². The van der Waals surface area contributed by atoms with Gasteiger partial charge in [0.2, 0.25) is 10.9 Å². The van der Waals surface area contributed by atoms with Crippen molar-refractivity contribution in [3.8, 4) is 5.69 Å². The van der Waals surface area contributed by atoms with Crippen molar-refractivity contribution < 1.29 is 13.9 Å². The minimum atomic E-state index is -0.497. The van der Waals surface area contributed by atoms with Crippen LogP contribution in [0.15, 0.2) is 46.0 Å². The molecular weight excluding hydrogens is 328 g/mol. The van der Waals surface area contributed by atoms with Gasteiger partial charge in [0.1, 0.15) is 5.76 Å². The van der Waals surface area contributed by atoms with Crippen LogP contribution in [0.3, 0.4) is 0 Å². The Morgan fingerprint density at radius 1 is 1.33 bits per heavy atom. The van der Waals surface area contributed by atoms with E-state index in [4.69, 9.17) is 4.42 Å². The number of ether oxygens (including phenoxy) is 1. The van der Waals surface area contributed by atoms with Gasteiger partial charge in [0, 0.05) is 0 Å². The van der Waals surface area contributed by atoms with E-state index in [1.165, 1.54) is 18.9 Å². The lowest BCUT2D eigenvalue weighted by Crippen LogP contribution is -2.00. The predicted molar refractivity (Wildman–Crippen MR) is 88.2 cm³/mol. The van der Waals surface area contributed by atoms with Crippen molar-refractivity contribution in [1.29, 1.82) is 0 Å². The molecule has 0 spiro atoms. The van der Waals surface area contributed by atoms with Crippen LogP contribution < -0.4 is 0 Å². The van der Waals surface area contributed by atoms with Crippen molar-refractivity contribution in [3.63, 3.8) is 0 Å². The molecule has 1 unspecified atom stereocenters. The molecule has 1 aromatic carbocycles. The van der Waals surface area contributed by atoms with Gasteiger partial charge in [-0.15, -0.1) is 5.10 Å². The van der Waals surface area contributed by atoms with Crippen molar-refractivity contribution in [2.75, 3.05) is 7.11 Å². The van der Waals surface area contributed by atoms with E-state index in [9.17, 15) is 4.79 Å². The fraction of sp³-hybridized carbons (Fsp3) is 0.250. The molecule has 0 aliphatic rings. The van der Waals surface area contributed by atoms with Gasteiger partial charge >= 0.3 is 5.97 Å². The van der Waals surface area contributed by atoms with Gasteiger partial charge in [0.05, 0.1) is 18.0 Å². The minimum Gasteiger partial charge on any atom is -0.463 e. The first-order valence-corrected chi connectivity index (χ1v) is 8.16. The number of hydrogen-bond acceptors (Lipinski definition) is 7. The molecule has 0 amide bonds. The molecule has 1 atom stereocenters. The Hall–Kier alpha value is -2.61. The summed E-state index contributed by atoms with van der Waals surface area (Å²) < 4.78 is 11.9. The lowest BCUT2D eigenvalue weighted by Gasteiger charge is -2.09. The summed E-state index contributed by atoms with van der Waals surface area (Å²) in [5, 5.41) is 12.5. The van der Waals surface area contributed by atoms with Crippen LogP contribution in [-0.2, 0) is 4.74 Å². The SMILES string of the molecule is COC(=O)c1ccc(C(C)Sc2nnnn2-c2cccc(C)c2)o1. The Labute approximate surface area is 143 Å². The summed E-state index contributed by atoms with van der Waals surface area (Å²) in [6, 6.07) is 11.3. The summed E-state index contributed by atoms with van der Waals surface area (Å²) in [5.41, 5.74) is 2.02. The second kappa shape index (κ2) is 6.88. The largest absolute Gasteiger partial charge is 0.463 e. The highest BCUT2D eigenvalue weighted by Crippen LogP contribution is 2.35. The molecule has 8 heteroatoms. The van der Waals surface area contributed by atoms with Crippen LogP contribution in [-0.4, -0.2) is 33.3 Å². The second-order valence-corrected chi connectivity index (χ2v) is 6.47. The van der Waals surface area contributed by atoms with Crippen molar-refractivity contribution in [2.24, 2.45) is 0 Å². The molecule has 0 saturated carbocycles. The number of nitrogens with zero attached hydrogens (tertiary/aromatic N) is 4. The van der Waals surface area contributed by atoms with Crippen molar-refractivity contribution >= 4 is 17.7 Å². The van der Waals surface area contributed by atoms with Gasteiger partial charge in [-0.1, -0.05) is 23.9 Å². The molecule has 0 aliphatic carbocycles. The lowest BCUT2D eigenvalue weighted by atomic mass is 10.2. The summed E-state index contributed by atoms with van der Waals surface area (Å²) in [5.74, 6) is 0.334. The third kappa shape index (κ3) is 3.33. The smallest absolute Gasteiger partial charge is 0.373 e. The van der Waals surface area contributed by atoms with Crippen LogP contribution in [0.25, 0.3) is 5.69 Å². The number of furan rings is 1. The van der Waals surface area contributed by atoms with Crippen LogP contribution >= 0.6 is 11.8 Å². The number of methoxy groups -OCH3 is 1. The molecule has 7 nitrogen and oxygen atoms in total. The molecule has 3 aromatic rings. The van der Waals surface area contributed by atoms with Crippen LogP contribution in [0.1, 0.15) is 34.1 Å². The van der Waals surface area contributed by atoms with Gasteiger partial charge in [0.25, 0.3) is 0 Å². The zero-order chi connectivity index (χ0) is 17.1. The highest BCUT2D eigenvalue weighted by molar-refractivity contribution is 7.99. The zero-order valence-electron chi connectivity index (χ0n) is 13.5. The number of aromatic nitrogens is 4. The number of hydrogen-bond donors (Lipinski definition) is 0. The molecule has 0 N–H and O–H groups in total.